The molecule has 1 aromatic rings. The van der Waals surface area contributed by atoms with Gasteiger partial charge in [-0.15, -0.1) is 0 Å². The zero-order valence-electron chi connectivity index (χ0n) is 12.6. The summed E-state index contributed by atoms with van der Waals surface area (Å²) in [6, 6.07) is 8.83. The third kappa shape index (κ3) is 6.61. The molecule has 1 atom stereocenters. The van der Waals surface area contributed by atoms with Gasteiger partial charge in [0.2, 0.25) is 0 Å². The van der Waals surface area contributed by atoms with Crippen molar-refractivity contribution in [3.63, 3.8) is 0 Å². The van der Waals surface area contributed by atoms with E-state index in [0.717, 1.165) is 5.33 Å². The van der Waals surface area contributed by atoms with Gasteiger partial charge in [-0.2, -0.15) is 0 Å². The second kappa shape index (κ2) is 10.5. The molecule has 0 bridgehead atoms. The Morgan fingerprint density at radius 1 is 0.947 bits per heavy atom. The van der Waals surface area contributed by atoms with Crippen LogP contribution in [0.3, 0.4) is 0 Å². The van der Waals surface area contributed by atoms with Crippen molar-refractivity contribution in [2.24, 2.45) is 0 Å². The zero-order chi connectivity index (χ0) is 13.9. The van der Waals surface area contributed by atoms with Gasteiger partial charge in [0.15, 0.2) is 0 Å². The minimum absolute atomic E-state index is 0.692. The van der Waals surface area contributed by atoms with Crippen LogP contribution in [-0.4, -0.2) is 5.33 Å². The maximum atomic E-state index is 3.69. The number of alkyl halides is 1. The molecular weight excluding hydrogens is 296 g/mol. The topological polar surface area (TPSA) is 0 Å². The first kappa shape index (κ1) is 16.8. The van der Waals surface area contributed by atoms with Crippen molar-refractivity contribution in [3.8, 4) is 0 Å². The number of aryl methyl sites for hydroxylation is 1. The fourth-order valence-corrected chi connectivity index (χ4v) is 3.38. The number of benzene rings is 1. The minimum Gasteiger partial charge on any atom is -0.0921 e. The van der Waals surface area contributed by atoms with Crippen LogP contribution < -0.4 is 0 Å². The van der Waals surface area contributed by atoms with Gasteiger partial charge in [-0.3, -0.25) is 0 Å². The predicted octanol–water partition coefficient (Wildman–Crippen LogP) is 6.61. The molecule has 0 aliphatic rings. The number of hydrogen-bond donors (Lipinski definition) is 0. The van der Waals surface area contributed by atoms with E-state index in [1.54, 1.807) is 0 Å². The van der Waals surface area contributed by atoms with Crippen LogP contribution in [0.4, 0.5) is 0 Å². The normalized spacial score (nSPS) is 12.6. The molecule has 1 heteroatoms. The van der Waals surface area contributed by atoms with Crippen LogP contribution in [0.25, 0.3) is 0 Å². The van der Waals surface area contributed by atoms with Crippen molar-refractivity contribution in [2.75, 3.05) is 5.33 Å². The molecule has 108 valence electrons. The summed E-state index contributed by atoms with van der Waals surface area (Å²) in [6.45, 7) is 4.51. The number of halogens is 1. The molecule has 0 aliphatic carbocycles. The first-order valence-electron chi connectivity index (χ1n) is 7.91. The zero-order valence-corrected chi connectivity index (χ0v) is 14.2. The maximum Gasteiger partial charge on any atom is 0.0100 e. The average Bonchev–Trinajstić information content (AvgIpc) is 2.43. The molecule has 0 N–H and O–H groups in total. The number of unbranched alkanes of at least 4 members (excludes halogenated alkanes) is 6. The lowest BCUT2D eigenvalue weighted by molar-refractivity contribution is 0.552. The van der Waals surface area contributed by atoms with Gasteiger partial charge in [-0.1, -0.05) is 92.1 Å². The molecule has 0 radical (unpaired) electrons. The summed E-state index contributed by atoms with van der Waals surface area (Å²) in [7, 11) is 0. The Bertz CT molecular complexity index is 332. The Morgan fingerprint density at radius 3 is 2.21 bits per heavy atom. The average molecular weight is 325 g/mol. The van der Waals surface area contributed by atoms with E-state index >= 15 is 0 Å². The third-order valence-corrected chi connectivity index (χ3v) is 4.75. The van der Waals surface area contributed by atoms with E-state index in [9.17, 15) is 0 Å². The van der Waals surface area contributed by atoms with Crippen molar-refractivity contribution in [2.45, 2.75) is 71.1 Å². The smallest absolute Gasteiger partial charge is 0.0100 e. The second-order valence-corrected chi connectivity index (χ2v) is 6.27. The van der Waals surface area contributed by atoms with Crippen LogP contribution in [0.5, 0.6) is 0 Å². The standard InChI is InChI=1S/C18H29Br/c1-3-4-5-6-7-8-9-13-17(15-19)18-14-11-10-12-16(18)2/h10-12,14,17H,3-9,13,15H2,1-2H3. The van der Waals surface area contributed by atoms with Gasteiger partial charge >= 0.3 is 0 Å². The van der Waals surface area contributed by atoms with E-state index in [1.165, 1.54) is 62.5 Å². The van der Waals surface area contributed by atoms with E-state index in [-0.39, 0.29) is 0 Å². The molecular formula is C18H29Br. The number of hydrogen-bond acceptors (Lipinski definition) is 0. The molecule has 0 aromatic heterocycles. The van der Waals surface area contributed by atoms with E-state index < -0.39 is 0 Å². The van der Waals surface area contributed by atoms with Gasteiger partial charge in [-0.05, 0) is 30.4 Å². The quantitative estimate of drug-likeness (QED) is 0.335. The van der Waals surface area contributed by atoms with Gasteiger partial charge in [-0.25, -0.2) is 0 Å². The summed E-state index contributed by atoms with van der Waals surface area (Å²) < 4.78 is 0. The Kier molecular flexibility index (Phi) is 9.24. The van der Waals surface area contributed by atoms with E-state index in [2.05, 4.69) is 54.0 Å². The highest BCUT2D eigenvalue weighted by Crippen LogP contribution is 2.27. The molecule has 0 heterocycles. The maximum absolute atomic E-state index is 3.69. The van der Waals surface area contributed by atoms with Crippen LogP contribution in [0.15, 0.2) is 24.3 Å². The van der Waals surface area contributed by atoms with Gasteiger partial charge in [0, 0.05) is 5.33 Å². The molecule has 0 aliphatic heterocycles. The van der Waals surface area contributed by atoms with Crippen molar-refractivity contribution in [1.29, 1.82) is 0 Å². The molecule has 0 spiro atoms. The Balaban J connectivity index is 2.24. The van der Waals surface area contributed by atoms with Crippen molar-refractivity contribution in [3.05, 3.63) is 35.4 Å². The first-order valence-corrected chi connectivity index (χ1v) is 9.03. The summed E-state index contributed by atoms with van der Waals surface area (Å²) in [6.07, 6.45) is 11.1. The largest absolute Gasteiger partial charge is 0.0921 e. The number of rotatable bonds is 10. The van der Waals surface area contributed by atoms with Crippen molar-refractivity contribution < 1.29 is 0 Å². The van der Waals surface area contributed by atoms with Gasteiger partial charge < -0.3 is 0 Å². The molecule has 19 heavy (non-hydrogen) atoms. The SMILES string of the molecule is CCCCCCCCCC(CBr)c1ccccc1C. The van der Waals surface area contributed by atoms with Gasteiger partial charge in [0.1, 0.15) is 0 Å². The highest BCUT2D eigenvalue weighted by Gasteiger charge is 2.11. The summed E-state index contributed by atoms with van der Waals surface area (Å²) in [5, 5.41) is 1.09. The van der Waals surface area contributed by atoms with E-state index in [1.807, 2.05) is 0 Å². The molecule has 1 rings (SSSR count). The van der Waals surface area contributed by atoms with Crippen LogP contribution in [0, 0.1) is 6.92 Å². The van der Waals surface area contributed by atoms with Crippen LogP contribution in [-0.2, 0) is 0 Å². The summed E-state index contributed by atoms with van der Waals surface area (Å²) in [5.74, 6) is 0.692. The fourth-order valence-electron chi connectivity index (χ4n) is 2.71. The highest BCUT2D eigenvalue weighted by atomic mass is 79.9. The summed E-state index contributed by atoms with van der Waals surface area (Å²) in [4.78, 5) is 0. The second-order valence-electron chi connectivity index (χ2n) is 5.62. The van der Waals surface area contributed by atoms with Crippen molar-refractivity contribution in [1.82, 2.24) is 0 Å². The molecule has 1 aromatic carbocycles. The highest BCUT2D eigenvalue weighted by molar-refractivity contribution is 9.09. The van der Waals surface area contributed by atoms with E-state index in [4.69, 9.17) is 0 Å². The Labute approximate surface area is 128 Å². The summed E-state index contributed by atoms with van der Waals surface area (Å²) in [5.41, 5.74) is 2.97. The van der Waals surface area contributed by atoms with Gasteiger partial charge in [0.25, 0.3) is 0 Å². The lowest BCUT2D eigenvalue weighted by Crippen LogP contribution is -2.02. The lowest BCUT2D eigenvalue weighted by Gasteiger charge is -2.16. The van der Waals surface area contributed by atoms with Crippen molar-refractivity contribution >= 4 is 15.9 Å². The molecule has 0 fully saturated rings. The molecule has 0 nitrogen and oxygen atoms in total. The van der Waals surface area contributed by atoms with Crippen LogP contribution in [0.2, 0.25) is 0 Å². The van der Waals surface area contributed by atoms with Crippen LogP contribution >= 0.6 is 15.9 Å². The molecule has 0 saturated carbocycles. The Hall–Kier alpha value is -0.300. The monoisotopic (exact) mass is 324 g/mol. The van der Waals surface area contributed by atoms with Crippen LogP contribution in [0.1, 0.15) is 75.3 Å². The predicted molar refractivity (Wildman–Crippen MR) is 90.3 cm³/mol. The lowest BCUT2D eigenvalue weighted by atomic mass is 9.91. The van der Waals surface area contributed by atoms with Gasteiger partial charge in [0.05, 0.1) is 0 Å². The third-order valence-electron chi connectivity index (χ3n) is 3.97. The first-order chi connectivity index (χ1) is 9.29. The molecule has 0 saturated heterocycles. The molecule has 1 unspecified atom stereocenters. The molecule has 0 amide bonds. The fraction of sp³-hybridized carbons (Fsp3) is 0.667. The summed E-state index contributed by atoms with van der Waals surface area (Å²) >= 11 is 3.69. The Morgan fingerprint density at radius 2 is 1.58 bits per heavy atom. The van der Waals surface area contributed by atoms with E-state index in [0.29, 0.717) is 5.92 Å². The minimum atomic E-state index is 0.692.